The molecule has 0 atom stereocenters. The van der Waals surface area contributed by atoms with Crippen molar-refractivity contribution in [1.29, 1.82) is 0 Å². The average molecular weight is 496 g/mol. The summed E-state index contributed by atoms with van der Waals surface area (Å²) in [6.45, 7) is 12.8. The van der Waals surface area contributed by atoms with Gasteiger partial charge in [-0.15, -0.1) is 24.0 Å². The van der Waals surface area contributed by atoms with Crippen LogP contribution in [0, 0.1) is 0 Å². The summed E-state index contributed by atoms with van der Waals surface area (Å²) in [4.78, 5) is 12.2. The molecule has 0 unspecified atom stereocenters. The van der Waals surface area contributed by atoms with Crippen LogP contribution in [-0.2, 0) is 0 Å². The molecule has 3 aliphatic rings. The van der Waals surface area contributed by atoms with Crippen LogP contribution in [0.2, 0.25) is 0 Å². The van der Waals surface area contributed by atoms with E-state index in [9.17, 15) is 0 Å². The number of rotatable bonds is 4. The molecular formula is C19H38IN5S. The lowest BCUT2D eigenvalue weighted by molar-refractivity contribution is 0.139. The molecule has 0 aromatic rings. The summed E-state index contributed by atoms with van der Waals surface area (Å²) in [7, 11) is 1.94. The summed E-state index contributed by atoms with van der Waals surface area (Å²) < 4.78 is 0.505. The summed E-state index contributed by atoms with van der Waals surface area (Å²) >= 11 is 2.23. The number of likely N-dealkylation sites (N-methyl/N-ethyl adjacent to an activating group) is 1. The summed E-state index contributed by atoms with van der Waals surface area (Å²) in [5, 5.41) is 3.65. The first-order chi connectivity index (χ1) is 12.2. The first-order valence-corrected chi connectivity index (χ1v) is 11.3. The van der Waals surface area contributed by atoms with E-state index in [1.165, 1.54) is 77.1 Å². The van der Waals surface area contributed by atoms with Crippen molar-refractivity contribution in [3.63, 3.8) is 0 Å². The maximum atomic E-state index is 4.59. The van der Waals surface area contributed by atoms with Gasteiger partial charge >= 0.3 is 0 Å². The Labute approximate surface area is 181 Å². The summed E-state index contributed by atoms with van der Waals surface area (Å²) in [6, 6.07) is 0. The molecular weight excluding hydrogens is 457 g/mol. The predicted molar refractivity (Wildman–Crippen MR) is 125 cm³/mol. The van der Waals surface area contributed by atoms with Gasteiger partial charge in [0.2, 0.25) is 0 Å². The van der Waals surface area contributed by atoms with Gasteiger partial charge in [0.25, 0.3) is 0 Å². The Bertz CT molecular complexity index is 428. The van der Waals surface area contributed by atoms with Crippen LogP contribution in [0.3, 0.4) is 0 Å². The Balaban J connectivity index is 0.00000243. The molecule has 0 amide bonds. The molecule has 0 aromatic heterocycles. The van der Waals surface area contributed by atoms with E-state index in [2.05, 4.69) is 43.7 Å². The zero-order chi connectivity index (χ0) is 17.5. The molecule has 1 saturated carbocycles. The van der Waals surface area contributed by atoms with Crippen molar-refractivity contribution < 1.29 is 0 Å². The molecule has 0 radical (unpaired) electrons. The molecule has 1 spiro atoms. The number of aliphatic imine (C=N–C) groups is 1. The van der Waals surface area contributed by atoms with E-state index < -0.39 is 0 Å². The van der Waals surface area contributed by atoms with E-state index in [4.69, 9.17) is 0 Å². The van der Waals surface area contributed by atoms with E-state index in [0.29, 0.717) is 4.75 Å². The fourth-order valence-electron chi connectivity index (χ4n) is 4.51. The number of nitrogens with zero attached hydrogens (tertiary/aromatic N) is 4. The van der Waals surface area contributed by atoms with Gasteiger partial charge in [-0.2, -0.15) is 11.8 Å². The SMILES string of the molecule is CCN1CCN(CCNC(=NC)N2CCSC3(CCCCC3)C2)CC1.I. The van der Waals surface area contributed by atoms with Crippen LogP contribution in [0.5, 0.6) is 0 Å². The maximum Gasteiger partial charge on any atom is 0.193 e. The second kappa shape index (κ2) is 11.3. The minimum atomic E-state index is 0. The molecule has 152 valence electrons. The monoisotopic (exact) mass is 495 g/mol. The highest BCUT2D eigenvalue weighted by molar-refractivity contribution is 14.0. The molecule has 26 heavy (non-hydrogen) atoms. The van der Waals surface area contributed by atoms with Crippen LogP contribution in [0.25, 0.3) is 0 Å². The van der Waals surface area contributed by atoms with Crippen molar-refractivity contribution in [3.8, 4) is 0 Å². The molecule has 1 aliphatic carbocycles. The number of thioether (sulfide) groups is 1. The van der Waals surface area contributed by atoms with Crippen LogP contribution >= 0.6 is 35.7 Å². The molecule has 0 bridgehead atoms. The molecule has 3 rings (SSSR count). The first-order valence-electron chi connectivity index (χ1n) is 10.3. The van der Waals surface area contributed by atoms with Crippen LogP contribution in [0.4, 0.5) is 0 Å². The van der Waals surface area contributed by atoms with Crippen LogP contribution in [-0.4, -0.2) is 97.1 Å². The van der Waals surface area contributed by atoms with Gasteiger partial charge < -0.3 is 15.1 Å². The third-order valence-corrected chi connectivity index (χ3v) is 7.68. The van der Waals surface area contributed by atoms with Crippen molar-refractivity contribution in [2.45, 2.75) is 43.8 Å². The van der Waals surface area contributed by atoms with E-state index in [1.54, 1.807) is 0 Å². The van der Waals surface area contributed by atoms with E-state index in [1.807, 2.05) is 7.05 Å². The van der Waals surface area contributed by atoms with E-state index in [-0.39, 0.29) is 24.0 Å². The zero-order valence-electron chi connectivity index (χ0n) is 16.7. The number of hydrogen-bond donors (Lipinski definition) is 1. The second-order valence-electron chi connectivity index (χ2n) is 7.76. The highest BCUT2D eigenvalue weighted by Crippen LogP contribution is 2.42. The smallest absolute Gasteiger partial charge is 0.193 e. The minimum Gasteiger partial charge on any atom is -0.355 e. The van der Waals surface area contributed by atoms with Crippen molar-refractivity contribution >= 4 is 41.7 Å². The molecule has 0 aromatic carbocycles. The Morgan fingerprint density at radius 1 is 1.04 bits per heavy atom. The highest BCUT2D eigenvalue weighted by atomic mass is 127. The normalized spacial score (nSPS) is 25.2. The van der Waals surface area contributed by atoms with Gasteiger partial charge in [-0.3, -0.25) is 9.89 Å². The number of hydrogen-bond acceptors (Lipinski definition) is 4. The van der Waals surface area contributed by atoms with Crippen molar-refractivity contribution in [3.05, 3.63) is 0 Å². The molecule has 2 saturated heterocycles. The highest BCUT2D eigenvalue weighted by Gasteiger charge is 2.38. The lowest BCUT2D eigenvalue weighted by Gasteiger charge is -2.45. The van der Waals surface area contributed by atoms with Crippen molar-refractivity contribution in [1.82, 2.24) is 20.0 Å². The largest absolute Gasteiger partial charge is 0.355 e. The lowest BCUT2D eigenvalue weighted by Crippen LogP contribution is -2.54. The quantitative estimate of drug-likeness (QED) is 0.369. The molecule has 7 heteroatoms. The van der Waals surface area contributed by atoms with Gasteiger partial charge in [0.05, 0.1) is 0 Å². The minimum absolute atomic E-state index is 0. The van der Waals surface area contributed by atoms with Crippen LogP contribution < -0.4 is 5.32 Å². The summed E-state index contributed by atoms with van der Waals surface area (Å²) in [5.41, 5.74) is 0. The fourth-order valence-corrected chi connectivity index (χ4v) is 6.08. The number of guanidine groups is 1. The van der Waals surface area contributed by atoms with Gasteiger partial charge in [-0.25, -0.2) is 0 Å². The Morgan fingerprint density at radius 2 is 1.73 bits per heavy atom. The fraction of sp³-hybridized carbons (Fsp3) is 0.947. The third-order valence-electron chi connectivity index (χ3n) is 6.15. The molecule has 1 N–H and O–H groups in total. The Hall–Kier alpha value is 0.270. The summed E-state index contributed by atoms with van der Waals surface area (Å²) in [6.07, 6.45) is 7.05. The van der Waals surface area contributed by atoms with E-state index >= 15 is 0 Å². The maximum absolute atomic E-state index is 4.59. The van der Waals surface area contributed by atoms with Gasteiger partial charge in [0.1, 0.15) is 0 Å². The van der Waals surface area contributed by atoms with Gasteiger partial charge in [0, 0.05) is 69.9 Å². The van der Waals surface area contributed by atoms with Gasteiger partial charge in [0.15, 0.2) is 5.96 Å². The Morgan fingerprint density at radius 3 is 2.38 bits per heavy atom. The third kappa shape index (κ3) is 6.14. The first kappa shape index (κ1) is 22.6. The second-order valence-corrected chi connectivity index (χ2v) is 9.33. The number of piperazine rings is 1. The predicted octanol–water partition coefficient (Wildman–Crippen LogP) is 2.57. The van der Waals surface area contributed by atoms with Crippen LogP contribution in [0.15, 0.2) is 4.99 Å². The molecule has 5 nitrogen and oxygen atoms in total. The van der Waals surface area contributed by atoms with Gasteiger partial charge in [-0.05, 0) is 19.4 Å². The standard InChI is InChI=1S/C19H37N5S.HI/c1-3-22-11-13-23(14-12-22)10-9-21-18(20-2)24-15-16-25-19(17-24)7-5-4-6-8-19;/h3-17H2,1-2H3,(H,20,21);1H. The molecule has 2 heterocycles. The van der Waals surface area contributed by atoms with E-state index in [0.717, 1.165) is 25.6 Å². The van der Waals surface area contributed by atoms with Gasteiger partial charge in [-0.1, -0.05) is 26.2 Å². The number of halogens is 1. The number of nitrogens with one attached hydrogen (secondary N) is 1. The average Bonchev–Trinajstić information content (AvgIpc) is 2.66. The van der Waals surface area contributed by atoms with Crippen molar-refractivity contribution in [2.24, 2.45) is 4.99 Å². The lowest BCUT2D eigenvalue weighted by atomic mass is 9.87. The summed E-state index contributed by atoms with van der Waals surface area (Å²) in [5.74, 6) is 2.37. The topological polar surface area (TPSA) is 34.1 Å². The molecule has 3 fully saturated rings. The molecule has 2 aliphatic heterocycles. The Kier molecular flexibility index (Phi) is 9.82. The zero-order valence-corrected chi connectivity index (χ0v) is 19.9. The van der Waals surface area contributed by atoms with Crippen LogP contribution in [0.1, 0.15) is 39.0 Å². The van der Waals surface area contributed by atoms with Crippen molar-refractivity contribution in [2.75, 3.05) is 71.7 Å².